The Morgan fingerprint density at radius 3 is 2.55 bits per heavy atom. The number of hydrogen-bond acceptors (Lipinski definition) is 4. The van der Waals surface area contributed by atoms with Gasteiger partial charge in [-0.05, 0) is 47.3 Å². The largest absolute Gasteiger partial charge is 0.456 e. The maximum absolute atomic E-state index is 6.29. The molecular formula is C17H26BrN3O. The van der Waals surface area contributed by atoms with E-state index in [-0.39, 0.29) is 5.60 Å². The van der Waals surface area contributed by atoms with Gasteiger partial charge in [-0.2, -0.15) is 0 Å². The van der Waals surface area contributed by atoms with Gasteiger partial charge in [0, 0.05) is 16.6 Å². The summed E-state index contributed by atoms with van der Waals surface area (Å²) in [7, 11) is 0. The minimum absolute atomic E-state index is 0.149. The van der Waals surface area contributed by atoms with Gasteiger partial charge in [0.2, 0.25) is 0 Å². The molecular weight excluding hydrogens is 342 g/mol. The number of aromatic nitrogens is 1. The van der Waals surface area contributed by atoms with E-state index >= 15 is 0 Å². The molecule has 0 aromatic carbocycles. The molecule has 0 saturated heterocycles. The Morgan fingerprint density at radius 2 is 2.00 bits per heavy atom. The maximum atomic E-state index is 6.29. The normalized spacial score (nSPS) is 20.9. The number of nitrogens with zero attached hydrogens (tertiary/aromatic N) is 2. The van der Waals surface area contributed by atoms with Gasteiger partial charge < -0.3 is 4.74 Å². The summed E-state index contributed by atoms with van der Waals surface area (Å²) in [6.07, 6.45) is 7.52. The summed E-state index contributed by atoms with van der Waals surface area (Å²) in [5, 5.41) is 3.19. The molecule has 4 nitrogen and oxygen atoms in total. The van der Waals surface area contributed by atoms with Gasteiger partial charge in [-0.1, -0.05) is 33.6 Å². The summed E-state index contributed by atoms with van der Waals surface area (Å²) in [5.41, 5.74) is -0.149. The van der Waals surface area contributed by atoms with Gasteiger partial charge in [-0.15, -0.1) is 0 Å². The lowest BCUT2D eigenvalue weighted by atomic mass is 9.79. The number of rotatable bonds is 7. The second kappa shape index (κ2) is 7.95. The van der Waals surface area contributed by atoms with Crippen LogP contribution in [0.3, 0.4) is 0 Å². The summed E-state index contributed by atoms with van der Waals surface area (Å²) in [5.74, 6) is 1.32. The number of hydrogen-bond donors (Lipinski definition) is 1. The molecule has 1 aromatic heterocycles. The molecule has 5 heteroatoms. The van der Waals surface area contributed by atoms with Crippen LogP contribution in [0.25, 0.3) is 0 Å². The number of aliphatic imine (C=N–C) groups is 1. The van der Waals surface area contributed by atoms with E-state index in [1.807, 2.05) is 12.1 Å². The molecule has 2 heterocycles. The molecule has 0 aliphatic carbocycles. The molecule has 0 unspecified atom stereocenters. The number of pyridine rings is 1. The molecule has 0 fully saturated rings. The van der Waals surface area contributed by atoms with E-state index in [1.54, 1.807) is 6.20 Å². The third kappa shape index (κ3) is 4.00. The first-order valence-electron chi connectivity index (χ1n) is 8.25. The highest BCUT2D eigenvalue weighted by atomic mass is 79.9. The van der Waals surface area contributed by atoms with Crippen molar-refractivity contribution in [1.29, 1.82) is 0 Å². The van der Waals surface area contributed by atoms with Gasteiger partial charge in [0.15, 0.2) is 0 Å². The second-order valence-electron chi connectivity index (χ2n) is 5.90. The van der Waals surface area contributed by atoms with Gasteiger partial charge in [-0.25, -0.2) is 9.98 Å². The monoisotopic (exact) mass is 367 g/mol. The summed E-state index contributed by atoms with van der Waals surface area (Å²) in [4.78, 5) is 8.91. The number of amidine groups is 1. The minimum Gasteiger partial charge on any atom is -0.456 e. The standard InChI is InChI=1S/C17H26BrN3O/c1-4-7-13(8-5-2)17(6-3)12-20-16(22-17)21-15-10-9-14(18)11-19-15/h9-11,13H,4-8,12H2,1-3H3,(H,19,20,21)/t17-/m1/s1. The molecule has 0 bridgehead atoms. The average Bonchev–Trinajstić information content (AvgIpc) is 2.94. The SMILES string of the molecule is CCCC(CCC)[C@@]1(CC)CN=C(Nc2ccc(Br)cn2)O1. The van der Waals surface area contributed by atoms with E-state index in [0.29, 0.717) is 11.9 Å². The Hall–Kier alpha value is -1.10. The molecule has 122 valence electrons. The van der Waals surface area contributed by atoms with Gasteiger partial charge in [0.05, 0.1) is 6.54 Å². The maximum Gasteiger partial charge on any atom is 0.291 e. The van der Waals surface area contributed by atoms with Crippen molar-refractivity contribution in [3.05, 3.63) is 22.8 Å². The third-order valence-corrected chi connectivity index (χ3v) is 4.84. The van der Waals surface area contributed by atoms with Crippen LogP contribution in [-0.4, -0.2) is 23.2 Å². The molecule has 0 saturated carbocycles. The van der Waals surface area contributed by atoms with Crippen molar-refractivity contribution in [3.8, 4) is 0 Å². The van der Waals surface area contributed by atoms with Crippen LogP contribution in [0, 0.1) is 5.92 Å². The van der Waals surface area contributed by atoms with Gasteiger partial charge in [-0.3, -0.25) is 5.32 Å². The van der Waals surface area contributed by atoms with Crippen LogP contribution in [0.4, 0.5) is 5.82 Å². The first-order chi connectivity index (χ1) is 10.6. The summed E-state index contributed by atoms with van der Waals surface area (Å²) in [6, 6.07) is 4.47. The van der Waals surface area contributed by atoms with E-state index in [1.165, 1.54) is 25.7 Å². The summed E-state index contributed by atoms with van der Waals surface area (Å²) < 4.78 is 7.25. The zero-order chi connectivity index (χ0) is 16.0. The van der Waals surface area contributed by atoms with Crippen molar-refractivity contribution in [3.63, 3.8) is 0 Å². The fraction of sp³-hybridized carbons (Fsp3) is 0.647. The van der Waals surface area contributed by atoms with Gasteiger partial charge in [0.1, 0.15) is 11.4 Å². The number of halogens is 1. The lowest BCUT2D eigenvalue weighted by Gasteiger charge is -2.35. The second-order valence-corrected chi connectivity index (χ2v) is 6.82. The number of anilines is 1. The highest BCUT2D eigenvalue weighted by molar-refractivity contribution is 9.10. The highest BCUT2D eigenvalue weighted by Gasteiger charge is 2.42. The molecule has 1 aromatic rings. The lowest BCUT2D eigenvalue weighted by molar-refractivity contribution is 0.0104. The molecule has 1 atom stereocenters. The van der Waals surface area contributed by atoms with Crippen LogP contribution >= 0.6 is 15.9 Å². The lowest BCUT2D eigenvalue weighted by Crippen LogP contribution is -2.42. The quantitative estimate of drug-likeness (QED) is 0.736. The average molecular weight is 368 g/mol. The molecule has 0 spiro atoms. The van der Waals surface area contributed by atoms with Crippen LogP contribution < -0.4 is 5.32 Å². The first kappa shape index (κ1) is 17.3. The molecule has 1 N–H and O–H groups in total. The van der Waals surface area contributed by atoms with E-state index in [2.05, 4.69) is 52.0 Å². The van der Waals surface area contributed by atoms with E-state index in [0.717, 1.165) is 23.3 Å². The zero-order valence-corrected chi connectivity index (χ0v) is 15.3. The van der Waals surface area contributed by atoms with Crippen molar-refractivity contribution in [2.24, 2.45) is 10.9 Å². The predicted octanol–water partition coefficient (Wildman–Crippen LogP) is 5.01. The fourth-order valence-corrected chi connectivity index (χ4v) is 3.37. The Morgan fingerprint density at radius 1 is 1.27 bits per heavy atom. The van der Waals surface area contributed by atoms with Crippen molar-refractivity contribution in [2.75, 3.05) is 11.9 Å². The van der Waals surface area contributed by atoms with Crippen molar-refractivity contribution < 1.29 is 4.74 Å². The summed E-state index contributed by atoms with van der Waals surface area (Å²) >= 11 is 3.39. The third-order valence-electron chi connectivity index (χ3n) is 4.37. The number of nitrogens with one attached hydrogen (secondary N) is 1. The van der Waals surface area contributed by atoms with E-state index in [4.69, 9.17) is 4.74 Å². The Labute approximate surface area is 141 Å². The number of ether oxygens (including phenoxy) is 1. The first-order valence-corrected chi connectivity index (χ1v) is 9.04. The van der Waals surface area contributed by atoms with Crippen molar-refractivity contribution >= 4 is 27.8 Å². The van der Waals surface area contributed by atoms with Crippen molar-refractivity contribution in [1.82, 2.24) is 4.98 Å². The molecule has 0 amide bonds. The highest BCUT2D eigenvalue weighted by Crippen LogP contribution is 2.36. The van der Waals surface area contributed by atoms with Crippen LogP contribution in [0.5, 0.6) is 0 Å². The zero-order valence-electron chi connectivity index (χ0n) is 13.7. The molecule has 1 aliphatic heterocycles. The van der Waals surface area contributed by atoms with Crippen molar-refractivity contribution in [2.45, 2.75) is 58.5 Å². The molecule has 22 heavy (non-hydrogen) atoms. The van der Waals surface area contributed by atoms with E-state index in [9.17, 15) is 0 Å². The Balaban J connectivity index is 2.04. The minimum atomic E-state index is -0.149. The topological polar surface area (TPSA) is 46.5 Å². The smallest absolute Gasteiger partial charge is 0.291 e. The van der Waals surface area contributed by atoms with Gasteiger partial charge in [0.25, 0.3) is 6.02 Å². The van der Waals surface area contributed by atoms with Crippen LogP contribution in [0.15, 0.2) is 27.8 Å². The van der Waals surface area contributed by atoms with Crippen LogP contribution in [0.1, 0.15) is 52.9 Å². The predicted molar refractivity (Wildman–Crippen MR) is 95.3 cm³/mol. The van der Waals surface area contributed by atoms with Crippen LogP contribution in [-0.2, 0) is 4.74 Å². The van der Waals surface area contributed by atoms with Gasteiger partial charge >= 0.3 is 0 Å². The molecule has 0 radical (unpaired) electrons. The fourth-order valence-electron chi connectivity index (χ4n) is 3.14. The molecule has 2 rings (SSSR count). The Kier molecular flexibility index (Phi) is 6.24. The summed E-state index contributed by atoms with van der Waals surface area (Å²) in [6.45, 7) is 7.43. The van der Waals surface area contributed by atoms with Crippen LogP contribution in [0.2, 0.25) is 0 Å². The molecule has 1 aliphatic rings. The van der Waals surface area contributed by atoms with E-state index < -0.39 is 0 Å². The Bertz CT molecular complexity index is 497.